The molecule has 1 aromatic rings. The summed E-state index contributed by atoms with van der Waals surface area (Å²) in [6, 6.07) is 5.67. The van der Waals surface area contributed by atoms with Gasteiger partial charge in [-0.3, -0.25) is 4.79 Å². The molecule has 0 heterocycles. The van der Waals surface area contributed by atoms with Crippen molar-refractivity contribution >= 4 is 5.91 Å². The van der Waals surface area contributed by atoms with E-state index in [9.17, 15) is 4.79 Å². The zero-order valence-electron chi connectivity index (χ0n) is 13.8. The van der Waals surface area contributed by atoms with Gasteiger partial charge in [-0.15, -0.1) is 0 Å². The molecule has 0 aromatic heterocycles. The van der Waals surface area contributed by atoms with Crippen molar-refractivity contribution in [3.8, 4) is 5.75 Å². The maximum absolute atomic E-state index is 12.1. The van der Waals surface area contributed by atoms with Crippen LogP contribution in [-0.2, 0) is 4.79 Å². The number of amides is 1. The Bertz CT molecular complexity index is 454. The molecule has 4 nitrogen and oxygen atoms in total. The largest absolute Gasteiger partial charge is 0.492 e. The molecule has 2 N–H and O–H groups in total. The second kappa shape index (κ2) is 8.03. The average Bonchev–Trinajstić information content (AvgIpc) is 2.43. The van der Waals surface area contributed by atoms with Crippen molar-refractivity contribution in [3.63, 3.8) is 0 Å². The molecule has 0 saturated carbocycles. The van der Waals surface area contributed by atoms with E-state index in [4.69, 9.17) is 10.5 Å². The van der Waals surface area contributed by atoms with E-state index in [1.807, 2.05) is 39.8 Å². The van der Waals surface area contributed by atoms with Gasteiger partial charge >= 0.3 is 0 Å². The van der Waals surface area contributed by atoms with Crippen LogP contribution in [0.15, 0.2) is 18.2 Å². The molecule has 0 spiro atoms. The Morgan fingerprint density at radius 2 is 1.86 bits per heavy atom. The van der Waals surface area contributed by atoms with Gasteiger partial charge in [0.2, 0.25) is 5.91 Å². The highest BCUT2D eigenvalue weighted by Crippen LogP contribution is 2.16. The number of aryl methyl sites for hydroxylation is 2. The summed E-state index contributed by atoms with van der Waals surface area (Å²) in [5, 5.41) is 0. The fraction of sp³-hybridized carbons (Fsp3) is 0.588. The van der Waals surface area contributed by atoms with Gasteiger partial charge < -0.3 is 15.4 Å². The van der Waals surface area contributed by atoms with Gasteiger partial charge in [-0.05, 0) is 43.0 Å². The molecule has 21 heavy (non-hydrogen) atoms. The summed E-state index contributed by atoms with van der Waals surface area (Å²) >= 11 is 0. The van der Waals surface area contributed by atoms with E-state index in [1.165, 1.54) is 11.1 Å². The molecule has 0 aliphatic rings. The van der Waals surface area contributed by atoms with Crippen LogP contribution in [0.5, 0.6) is 5.75 Å². The summed E-state index contributed by atoms with van der Waals surface area (Å²) in [6.45, 7) is 9.14. The third kappa shape index (κ3) is 5.38. The van der Waals surface area contributed by atoms with Gasteiger partial charge in [-0.25, -0.2) is 0 Å². The molecule has 1 rings (SSSR count). The Morgan fingerprint density at radius 1 is 1.29 bits per heavy atom. The maximum atomic E-state index is 12.1. The standard InChI is InChI=1S/C17H28N2O2/c1-6-14(4)16(18)17(20)19(5)7-8-21-15-10-12(2)9-13(3)11-15/h9-11,14,16H,6-8,18H2,1-5H3/t14-,16-/m0/s1. The number of carbonyl (C=O) groups is 1. The quantitative estimate of drug-likeness (QED) is 0.840. The van der Waals surface area contributed by atoms with Crippen molar-refractivity contribution in [1.29, 1.82) is 0 Å². The van der Waals surface area contributed by atoms with E-state index in [1.54, 1.807) is 11.9 Å². The van der Waals surface area contributed by atoms with Crippen molar-refractivity contribution in [2.24, 2.45) is 11.7 Å². The minimum absolute atomic E-state index is 0.0200. The molecule has 1 aromatic carbocycles. The van der Waals surface area contributed by atoms with Gasteiger partial charge in [0.05, 0.1) is 12.6 Å². The van der Waals surface area contributed by atoms with E-state index in [0.717, 1.165) is 12.2 Å². The number of carbonyl (C=O) groups excluding carboxylic acids is 1. The molecule has 0 radical (unpaired) electrons. The average molecular weight is 292 g/mol. The molecule has 1 amide bonds. The molecular formula is C17H28N2O2. The second-order valence-corrected chi connectivity index (χ2v) is 5.84. The normalized spacial score (nSPS) is 13.6. The molecular weight excluding hydrogens is 264 g/mol. The summed E-state index contributed by atoms with van der Waals surface area (Å²) in [7, 11) is 1.77. The number of hydrogen-bond acceptors (Lipinski definition) is 3. The van der Waals surface area contributed by atoms with Crippen LogP contribution in [0.3, 0.4) is 0 Å². The lowest BCUT2D eigenvalue weighted by Crippen LogP contribution is -2.46. The first-order chi connectivity index (χ1) is 9.85. The molecule has 0 fully saturated rings. The molecule has 118 valence electrons. The second-order valence-electron chi connectivity index (χ2n) is 5.84. The van der Waals surface area contributed by atoms with Gasteiger partial charge in [0, 0.05) is 7.05 Å². The van der Waals surface area contributed by atoms with E-state index in [0.29, 0.717) is 13.2 Å². The molecule has 2 atom stereocenters. The predicted octanol–water partition coefficient (Wildman–Crippen LogP) is 2.51. The smallest absolute Gasteiger partial charge is 0.239 e. The third-order valence-electron chi connectivity index (χ3n) is 3.81. The highest BCUT2D eigenvalue weighted by Gasteiger charge is 2.22. The number of benzene rings is 1. The summed E-state index contributed by atoms with van der Waals surface area (Å²) in [4.78, 5) is 13.8. The predicted molar refractivity (Wildman–Crippen MR) is 86.5 cm³/mol. The summed E-state index contributed by atoms with van der Waals surface area (Å²) in [5.74, 6) is 1.02. The van der Waals surface area contributed by atoms with E-state index in [-0.39, 0.29) is 11.8 Å². The Kier molecular flexibility index (Phi) is 6.69. The van der Waals surface area contributed by atoms with Crippen LogP contribution in [0.2, 0.25) is 0 Å². The summed E-state index contributed by atoms with van der Waals surface area (Å²) < 4.78 is 5.72. The molecule has 0 aliphatic carbocycles. The number of rotatable bonds is 7. The van der Waals surface area contributed by atoms with Crippen LogP contribution >= 0.6 is 0 Å². The Balaban J connectivity index is 2.46. The van der Waals surface area contributed by atoms with Crippen LogP contribution in [-0.4, -0.2) is 37.0 Å². The van der Waals surface area contributed by atoms with Crippen molar-refractivity contribution in [1.82, 2.24) is 4.90 Å². The molecule has 4 heteroatoms. The maximum Gasteiger partial charge on any atom is 0.239 e. The van der Waals surface area contributed by atoms with Crippen LogP contribution in [0, 0.1) is 19.8 Å². The first-order valence-electron chi connectivity index (χ1n) is 7.56. The lowest BCUT2D eigenvalue weighted by atomic mass is 9.99. The fourth-order valence-corrected chi connectivity index (χ4v) is 2.18. The number of hydrogen-bond donors (Lipinski definition) is 1. The molecule has 0 bridgehead atoms. The van der Waals surface area contributed by atoms with Crippen molar-refractivity contribution < 1.29 is 9.53 Å². The fourth-order valence-electron chi connectivity index (χ4n) is 2.18. The van der Waals surface area contributed by atoms with Crippen LogP contribution in [0.25, 0.3) is 0 Å². The summed E-state index contributed by atoms with van der Waals surface area (Å²) in [5.41, 5.74) is 8.31. The van der Waals surface area contributed by atoms with Crippen LogP contribution < -0.4 is 10.5 Å². The van der Waals surface area contributed by atoms with E-state index in [2.05, 4.69) is 6.07 Å². The van der Waals surface area contributed by atoms with Gasteiger partial charge in [-0.1, -0.05) is 26.3 Å². The topological polar surface area (TPSA) is 55.6 Å². The van der Waals surface area contributed by atoms with Crippen LogP contribution in [0.4, 0.5) is 0 Å². The number of likely N-dealkylation sites (N-methyl/N-ethyl adjacent to an activating group) is 1. The number of ether oxygens (including phenoxy) is 1. The van der Waals surface area contributed by atoms with Crippen molar-refractivity contribution in [2.45, 2.75) is 40.2 Å². The lowest BCUT2D eigenvalue weighted by molar-refractivity contribution is -0.132. The van der Waals surface area contributed by atoms with E-state index >= 15 is 0 Å². The molecule has 0 saturated heterocycles. The first-order valence-corrected chi connectivity index (χ1v) is 7.56. The minimum Gasteiger partial charge on any atom is -0.492 e. The van der Waals surface area contributed by atoms with E-state index < -0.39 is 6.04 Å². The minimum atomic E-state index is -0.429. The number of nitrogens with zero attached hydrogens (tertiary/aromatic N) is 1. The van der Waals surface area contributed by atoms with Gasteiger partial charge in [0.1, 0.15) is 12.4 Å². The van der Waals surface area contributed by atoms with Crippen LogP contribution in [0.1, 0.15) is 31.4 Å². The van der Waals surface area contributed by atoms with Gasteiger partial charge in [0.15, 0.2) is 0 Å². The summed E-state index contributed by atoms with van der Waals surface area (Å²) in [6.07, 6.45) is 0.903. The molecule has 0 unspecified atom stereocenters. The van der Waals surface area contributed by atoms with Crippen molar-refractivity contribution in [2.75, 3.05) is 20.2 Å². The van der Waals surface area contributed by atoms with Gasteiger partial charge in [0.25, 0.3) is 0 Å². The highest BCUT2D eigenvalue weighted by atomic mass is 16.5. The molecule has 0 aliphatic heterocycles. The first kappa shape index (κ1) is 17.5. The number of nitrogens with two attached hydrogens (primary N) is 1. The SMILES string of the molecule is CC[C@H](C)[C@H](N)C(=O)N(C)CCOc1cc(C)cc(C)c1. The zero-order chi connectivity index (χ0) is 16.0. The zero-order valence-corrected chi connectivity index (χ0v) is 13.8. The highest BCUT2D eigenvalue weighted by molar-refractivity contribution is 5.81. The van der Waals surface area contributed by atoms with Gasteiger partial charge in [-0.2, -0.15) is 0 Å². The lowest BCUT2D eigenvalue weighted by Gasteiger charge is -2.24. The Hall–Kier alpha value is -1.55. The van der Waals surface area contributed by atoms with Crippen molar-refractivity contribution in [3.05, 3.63) is 29.3 Å². The Labute approximate surface area is 128 Å². The monoisotopic (exact) mass is 292 g/mol. The Morgan fingerprint density at radius 3 is 2.38 bits per heavy atom. The third-order valence-corrected chi connectivity index (χ3v) is 3.81.